The van der Waals surface area contributed by atoms with Crippen molar-refractivity contribution >= 4 is 21.6 Å². The second kappa shape index (κ2) is 7.06. The molecule has 0 bridgehead atoms. The number of hydrogen-bond donors (Lipinski definition) is 1. The molecule has 1 aliphatic rings. The number of carbonyl (C=O) groups excluding carboxylic acids is 1. The molecule has 1 heterocycles. The van der Waals surface area contributed by atoms with Gasteiger partial charge in [-0.15, -0.1) is 0 Å². The van der Waals surface area contributed by atoms with E-state index in [-0.39, 0.29) is 12.2 Å². The highest BCUT2D eigenvalue weighted by atomic mass is 32.2. The molecule has 0 spiro atoms. The van der Waals surface area contributed by atoms with Crippen molar-refractivity contribution in [3.63, 3.8) is 0 Å². The molecule has 1 saturated heterocycles. The molecule has 11 heteroatoms. The zero-order valence-corrected chi connectivity index (χ0v) is 14.0. The van der Waals surface area contributed by atoms with Crippen LogP contribution in [0.4, 0.5) is 28.0 Å². The van der Waals surface area contributed by atoms with Crippen LogP contribution in [0.2, 0.25) is 0 Å². The fourth-order valence-corrected chi connectivity index (χ4v) is 3.51. The first-order valence-corrected chi connectivity index (χ1v) is 8.75. The van der Waals surface area contributed by atoms with Crippen LogP contribution < -0.4 is 5.32 Å². The molecule has 1 N–H and O–H groups in total. The number of carbonyl (C=O) groups is 1. The third-order valence-electron chi connectivity index (χ3n) is 3.75. The maximum atomic E-state index is 13.3. The number of nitrogens with one attached hydrogen (secondary N) is 1. The van der Waals surface area contributed by atoms with E-state index in [1.807, 2.05) is 0 Å². The number of amides is 1. The van der Waals surface area contributed by atoms with Crippen LogP contribution in [0.5, 0.6) is 0 Å². The largest absolute Gasteiger partial charge is 0.501 e. The van der Waals surface area contributed by atoms with Crippen molar-refractivity contribution in [2.75, 3.05) is 25.5 Å². The van der Waals surface area contributed by atoms with Gasteiger partial charge in [-0.3, -0.25) is 0 Å². The summed E-state index contributed by atoms with van der Waals surface area (Å²) in [6.07, 6.45) is 0.458. The summed E-state index contributed by atoms with van der Waals surface area (Å²) in [7, 11) is -4.52. The molecule has 0 saturated carbocycles. The smallest absolute Gasteiger partial charge is 0.453 e. The van der Waals surface area contributed by atoms with E-state index in [1.54, 1.807) is 0 Å². The molecule has 140 valence electrons. The van der Waals surface area contributed by atoms with Crippen molar-refractivity contribution < 1.29 is 35.5 Å². The van der Waals surface area contributed by atoms with E-state index in [2.05, 4.69) is 10.1 Å². The average Bonchev–Trinajstić information content (AvgIpc) is 2.55. The Morgan fingerprint density at radius 2 is 2.04 bits per heavy atom. The number of sulfone groups is 1. The molecule has 0 aromatic heterocycles. The van der Waals surface area contributed by atoms with Crippen LogP contribution in [-0.2, 0) is 14.6 Å². The number of ether oxygens (including phenoxy) is 1. The number of alkyl halides is 3. The molecule has 1 aromatic rings. The molecule has 2 rings (SSSR count). The molecule has 0 aliphatic carbocycles. The van der Waals surface area contributed by atoms with Gasteiger partial charge in [-0.2, -0.15) is 13.2 Å². The molecule has 25 heavy (non-hydrogen) atoms. The molecule has 0 radical (unpaired) electrons. The molecular weight excluding hydrogens is 368 g/mol. The lowest BCUT2D eigenvalue weighted by Gasteiger charge is -2.33. The summed E-state index contributed by atoms with van der Waals surface area (Å²) in [5.74, 6) is -1.10. The first kappa shape index (κ1) is 19.3. The molecule has 1 aliphatic heterocycles. The maximum absolute atomic E-state index is 13.3. The number of rotatable bonds is 3. The van der Waals surface area contributed by atoms with E-state index in [9.17, 15) is 30.8 Å². The predicted octanol–water partition coefficient (Wildman–Crippen LogP) is 2.76. The van der Waals surface area contributed by atoms with Crippen LogP contribution in [-0.4, -0.2) is 51.2 Å². The van der Waals surface area contributed by atoms with Gasteiger partial charge >= 0.3 is 11.6 Å². The Labute approximate surface area is 141 Å². The van der Waals surface area contributed by atoms with Gasteiger partial charge < -0.3 is 15.0 Å². The standard InChI is InChI=1S/C14H16F4N2O4S/c1-24-13(21)20-6-2-3-10(8-20)19-11-5-4-9(15)7-12(11)25(22,23)14(16,17)18/h4-5,7,10,19H,2-3,6,8H2,1H3. The van der Waals surface area contributed by atoms with Gasteiger partial charge in [0.25, 0.3) is 9.84 Å². The summed E-state index contributed by atoms with van der Waals surface area (Å²) in [4.78, 5) is 11.7. The number of nitrogens with zero attached hydrogens (tertiary/aromatic N) is 1. The summed E-state index contributed by atoms with van der Waals surface area (Å²) in [5, 5.41) is 2.67. The van der Waals surface area contributed by atoms with Crippen LogP contribution in [0, 0.1) is 5.82 Å². The summed E-state index contributed by atoms with van der Waals surface area (Å²) in [6, 6.07) is 1.62. The monoisotopic (exact) mass is 384 g/mol. The first-order chi connectivity index (χ1) is 11.6. The van der Waals surface area contributed by atoms with Crippen LogP contribution in [0.15, 0.2) is 23.1 Å². The Morgan fingerprint density at radius 3 is 2.64 bits per heavy atom. The van der Waals surface area contributed by atoms with Gasteiger partial charge in [0.2, 0.25) is 0 Å². The highest BCUT2D eigenvalue weighted by molar-refractivity contribution is 7.92. The van der Waals surface area contributed by atoms with Crippen molar-refractivity contribution in [1.82, 2.24) is 4.90 Å². The number of piperidine rings is 1. The number of likely N-dealkylation sites (tertiary alicyclic amines) is 1. The number of methoxy groups -OCH3 is 1. The Bertz CT molecular complexity index is 752. The minimum Gasteiger partial charge on any atom is -0.453 e. The number of halogens is 4. The second-order valence-electron chi connectivity index (χ2n) is 5.49. The van der Waals surface area contributed by atoms with E-state index in [0.29, 0.717) is 25.5 Å². The van der Waals surface area contributed by atoms with Crippen molar-refractivity contribution in [2.45, 2.75) is 29.3 Å². The van der Waals surface area contributed by atoms with Gasteiger partial charge in [-0.1, -0.05) is 0 Å². The Kier molecular flexibility index (Phi) is 5.45. The molecule has 1 atom stereocenters. The van der Waals surface area contributed by atoms with Gasteiger partial charge in [0.1, 0.15) is 10.7 Å². The molecule has 1 aromatic carbocycles. The highest BCUT2D eigenvalue weighted by Crippen LogP contribution is 2.35. The van der Waals surface area contributed by atoms with Crippen LogP contribution in [0.25, 0.3) is 0 Å². The molecule has 1 amide bonds. The van der Waals surface area contributed by atoms with Crippen molar-refractivity contribution in [1.29, 1.82) is 0 Å². The van der Waals surface area contributed by atoms with E-state index in [0.717, 1.165) is 12.1 Å². The normalized spacial score (nSPS) is 18.8. The third-order valence-corrected chi connectivity index (χ3v) is 5.28. The fourth-order valence-electron chi connectivity index (χ4n) is 2.57. The number of benzene rings is 1. The summed E-state index contributed by atoms with van der Waals surface area (Å²) >= 11 is 0. The summed E-state index contributed by atoms with van der Waals surface area (Å²) in [6.45, 7) is 0.539. The van der Waals surface area contributed by atoms with Gasteiger partial charge in [0.15, 0.2) is 0 Å². The molecule has 1 unspecified atom stereocenters. The summed E-state index contributed by atoms with van der Waals surface area (Å²) in [5.41, 5.74) is -5.92. The van der Waals surface area contributed by atoms with Gasteiger partial charge in [0, 0.05) is 19.1 Å². The van der Waals surface area contributed by atoms with Crippen molar-refractivity contribution in [3.8, 4) is 0 Å². The average molecular weight is 384 g/mol. The van der Waals surface area contributed by atoms with Crippen LogP contribution in [0.1, 0.15) is 12.8 Å². The molecule has 1 fully saturated rings. The minimum atomic E-state index is -5.72. The van der Waals surface area contributed by atoms with Gasteiger partial charge in [-0.05, 0) is 31.0 Å². The lowest BCUT2D eigenvalue weighted by Crippen LogP contribution is -2.45. The lowest BCUT2D eigenvalue weighted by atomic mass is 10.1. The first-order valence-electron chi connectivity index (χ1n) is 7.26. The third kappa shape index (κ3) is 4.14. The number of hydrogen-bond acceptors (Lipinski definition) is 5. The maximum Gasteiger partial charge on any atom is 0.501 e. The van der Waals surface area contributed by atoms with Crippen LogP contribution >= 0.6 is 0 Å². The molecule has 6 nitrogen and oxygen atoms in total. The quantitative estimate of drug-likeness (QED) is 0.811. The SMILES string of the molecule is COC(=O)N1CCCC(Nc2ccc(F)cc2S(=O)(=O)C(F)(F)F)C1. The van der Waals surface area contributed by atoms with Crippen molar-refractivity contribution in [3.05, 3.63) is 24.0 Å². The van der Waals surface area contributed by atoms with Gasteiger partial charge in [-0.25, -0.2) is 17.6 Å². The summed E-state index contributed by atoms with van der Waals surface area (Å²) < 4.78 is 79.7. The van der Waals surface area contributed by atoms with E-state index >= 15 is 0 Å². The van der Waals surface area contributed by atoms with E-state index in [4.69, 9.17) is 0 Å². The highest BCUT2D eigenvalue weighted by Gasteiger charge is 2.48. The van der Waals surface area contributed by atoms with Crippen LogP contribution in [0.3, 0.4) is 0 Å². The zero-order valence-electron chi connectivity index (χ0n) is 13.1. The fraction of sp³-hybridized carbons (Fsp3) is 0.500. The zero-order chi connectivity index (χ0) is 18.8. The minimum absolute atomic E-state index is 0.121. The number of anilines is 1. The Morgan fingerprint density at radius 1 is 1.36 bits per heavy atom. The second-order valence-corrected chi connectivity index (χ2v) is 7.40. The van der Waals surface area contributed by atoms with Gasteiger partial charge in [0.05, 0.1) is 12.8 Å². The molecular formula is C14H16F4N2O4S. The Balaban J connectivity index is 2.30. The van der Waals surface area contributed by atoms with E-state index < -0.39 is 38.2 Å². The lowest BCUT2D eigenvalue weighted by molar-refractivity contribution is -0.0435. The van der Waals surface area contributed by atoms with Crippen molar-refractivity contribution in [2.24, 2.45) is 0 Å². The predicted molar refractivity (Wildman–Crippen MR) is 80.3 cm³/mol. The Hall–Kier alpha value is -2.04. The van der Waals surface area contributed by atoms with E-state index in [1.165, 1.54) is 12.0 Å². The topological polar surface area (TPSA) is 75.7 Å².